The van der Waals surface area contributed by atoms with Crippen molar-refractivity contribution in [2.24, 2.45) is 4.99 Å². The number of unbranched alkanes of at least 4 members (excludes halogenated alkanes) is 1. The van der Waals surface area contributed by atoms with Gasteiger partial charge in [-0.05, 0) is 44.6 Å². The summed E-state index contributed by atoms with van der Waals surface area (Å²) in [6.45, 7) is 10.7. The van der Waals surface area contributed by atoms with E-state index in [1.54, 1.807) is 0 Å². The number of rotatable bonds is 10. The van der Waals surface area contributed by atoms with Crippen molar-refractivity contribution in [3.63, 3.8) is 0 Å². The molecule has 1 rings (SSSR count). The van der Waals surface area contributed by atoms with Crippen LogP contribution in [0, 0.1) is 0 Å². The minimum absolute atomic E-state index is 0.883. The van der Waals surface area contributed by atoms with Crippen molar-refractivity contribution in [2.45, 2.75) is 33.2 Å². The molecule has 0 aliphatic carbocycles. The zero-order chi connectivity index (χ0) is 15.3. The van der Waals surface area contributed by atoms with Gasteiger partial charge in [0.05, 0.1) is 0 Å². The standard InChI is InChI=1S/C16H31N5/c1-4-20(5-2)12-7-6-10-18-16(17-3)19-11-15-21-13-8-9-14-21/h8-9,13-14H,4-7,10-12,15H2,1-3H3,(H2,17,18,19). The first-order chi connectivity index (χ1) is 10.3. The molecule has 0 aliphatic rings. The average molecular weight is 293 g/mol. The Morgan fingerprint density at radius 2 is 1.71 bits per heavy atom. The molecule has 0 bridgehead atoms. The van der Waals surface area contributed by atoms with Gasteiger partial charge in [-0.3, -0.25) is 4.99 Å². The molecule has 0 atom stereocenters. The number of hydrogen-bond donors (Lipinski definition) is 2. The second kappa shape index (κ2) is 11.2. The van der Waals surface area contributed by atoms with E-state index in [2.05, 4.69) is 51.3 Å². The van der Waals surface area contributed by atoms with E-state index in [4.69, 9.17) is 0 Å². The number of nitrogens with one attached hydrogen (secondary N) is 2. The van der Waals surface area contributed by atoms with E-state index >= 15 is 0 Å². The molecule has 5 nitrogen and oxygen atoms in total. The fourth-order valence-corrected chi connectivity index (χ4v) is 2.25. The maximum Gasteiger partial charge on any atom is 0.191 e. The Balaban J connectivity index is 2.06. The Morgan fingerprint density at radius 1 is 1.05 bits per heavy atom. The second-order valence-electron chi connectivity index (χ2n) is 5.08. The SMILES string of the molecule is CCN(CC)CCCCNC(=NC)NCCn1cccc1. The van der Waals surface area contributed by atoms with Crippen LogP contribution in [0.3, 0.4) is 0 Å². The maximum atomic E-state index is 4.25. The first kappa shape index (κ1) is 17.6. The fraction of sp³-hybridized carbons (Fsp3) is 0.688. The molecule has 5 heteroatoms. The summed E-state index contributed by atoms with van der Waals surface area (Å²) in [6.07, 6.45) is 6.56. The lowest BCUT2D eigenvalue weighted by atomic mass is 10.3. The molecular weight excluding hydrogens is 262 g/mol. The van der Waals surface area contributed by atoms with Crippen molar-refractivity contribution >= 4 is 5.96 Å². The zero-order valence-corrected chi connectivity index (χ0v) is 13.8. The van der Waals surface area contributed by atoms with Crippen LogP contribution in [-0.2, 0) is 6.54 Å². The predicted molar refractivity (Wildman–Crippen MR) is 90.8 cm³/mol. The van der Waals surface area contributed by atoms with Crippen molar-refractivity contribution in [2.75, 3.05) is 39.8 Å². The lowest BCUT2D eigenvalue weighted by Crippen LogP contribution is -2.39. The van der Waals surface area contributed by atoms with Crippen LogP contribution >= 0.6 is 0 Å². The molecule has 0 saturated heterocycles. The Morgan fingerprint density at radius 3 is 2.33 bits per heavy atom. The molecule has 1 aromatic heterocycles. The lowest BCUT2D eigenvalue weighted by molar-refractivity contribution is 0.297. The van der Waals surface area contributed by atoms with Crippen LogP contribution in [0.1, 0.15) is 26.7 Å². The van der Waals surface area contributed by atoms with Crippen molar-refractivity contribution in [3.8, 4) is 0 Å². The van der Waals surface area contributed by atoms with Gasteiger partial charge in [0.15, 0.2) is 5.96 Å². The van der Waals surface area contributed by atoms with Crippen molar-refractivity contribution in [3.05, 3.63) is 24.5 Å². The first-order valence-electron chi connectivity index (χ1n) is 8.07. The monoisotopic (exact) mass is 293 g/mol. The molecule has 0 unspecified atom stereocenters. The molecule has 0 spiro atoms. The minimum Gasteiger partial charge on any atom is -0.356 e. The zero-order valence-electron chi connectivity index (χ0n) is 13.8. The summed E-state index contributed by atoms with van der Waals surface area (Å²) in [5.74, 6) is 0.894. The van der Waals surface area contributed by atoms with Crippen LogP contribution in [-0.4, -0.2) is 55.2 Å². The second-order valence-corrected chi connectivity index (χ2v) is 5.08. The smallest absolute Gasteiger partial charge is 0.191 e. The molecule has 1 aromatic rings. The summed E-state index contributed by atoms with van der Waals surface area (Å²) < 4.78 is 2.16. The summed E-state index contributed by atoms with van der Waals surface area (Å²) in [4.78, 5) is 6.71. The van der Waals surface area contributed by atoms with Gasteiger partial charge in [0.2, 0.25) is 0 Å². The van der Waals surface area contributed by atoms with E-state index in [0.29, 0.717) is 0 Å². The lowest BCUT2D eigenvalue weighted by Gasteiger charge is -2.18. The minimum atomic E-state index is 0.883. The molecular formula is C16H31N5. The van der Waals surface area contributed by atoms with Gasteiger partial charge in [0.1, 0.15) is 0 Å². The third-order valence-corrected chi connectivity index (χ3v) is 3.64. The van der Waals surface area contributed by atoms with Gasteiger partial charge in [-0.2, -0.15) is 0 Å². The molecule has 0 fully saturated rings. The van der Waals surface area contributed by atoms with Gasteiger partial charge in [0, 0.05) is 39.1 Å². The average Bonchev–Trinajstić information content (AvgIpc) is 3.02. The first-order valence-corrected chi connectivity index (χ1v) is 8.07. The van der Waals surface area contributed by atoms with E-state index in [1.165, 1.54) is 19.4 Å². The van der Waals surface area contributed by atoms with E-state index in [9.17, 15) is 0 Å². The molecule has 21 heavy (non-hydrogen) atoms. The third kappa shape index (κ3) is 7.75. The Labute approximate surface area is 129 Å². The van der Waals surface area contributed by atoms with E-state index in [0.717, 1.165) is 38.7 Å². The molecule has 0 aliphatic heterocycles. The number of nitrogens with zero attached hydrogens (tertiary/aromatic N) is 3. The molecule has 2 N–H and O–H groups in total. The van der Waals surface area contributed by atoms with Gasteiger partial charge in [0.25, 0.3) is 0 Å². The third-order valence-electron chi connectivity index (χ3n) is 3.64. The summed E-state index contributed by atoms with van der Waals surface area (Å²) >= 11 is 0. The number of aromatic nitrogens is 1. The van der Waals surface area contributed by atoms with Gasteiger partial charge in [-0.15, -0.1) is 0 Å². The van der Waals surface area contributed by atoms with Crippen LogP contribution in [0.4, 0.5) is 0 Å². The normalized spacial score (nSPS) is 11.9. The fourth-order valence-electron chi connectivity index (χ4n) is 2.25. The number of aliphatic imine (C=N–C) groups is 1. The Hall–Kier alpha value is -1.49. The number of guanidine groups is 1. The van der Waals surface area contributed by atoms with Gasteiger partial charge < -0.3 is 20.1 Å². The quantitative estimate of drug-likeness (QED) is 0.393. The van der Waals surface area contributed by atoms with Crippen LogP contribution in [0.2, 0.25) is 0 Å². The molecule has 0 amide bonds. The summed E-state index contributed by atoms with van der Waals surface area (Å²) in [6, 6.07) is 4.09. The van der Waals surface area contributed by atoms with Gasteiger partial charge >= 0.3 is 0 Å². The molecule has 0 saturated carbocycles. The Kier molecular flexibility index (Phi) is 9.37. The summed E-state index contributed by atoms with van der Waals surface area (Å²) in [5, 5.41) is 6.71. The topological polar surface area (TPSA) is 44.6 Å². The number of hydrogen-bond acceptors (Lipinski definition) is 2. The molecule has 120 valence electrons. The van der Waals surface area contributed by atoms with Crippen molar-refractivity contribution in [1.82, 2.24) is 20.1 Å². The van der Waals surface area contributed by atoms with Crippen LogP contribution in [0.5, 0.6) is 0 Å². The van der Waals surface area contributed by atoms with Crippen molar-refractivity contribution < 1.29 is 0 Å². The maximum absolute atomic E-state index is 4.25. The largest absolute Gasteiger partial charge is 0.356 e. The van der Waals surface area contributed by atoms with E-state index in [1.807, 2.05) is 19.2 Å². The highest BCUT2D eigenvalue weighted by molar-refractivity contribution is 5.79. The van der Waals surface area contributed by atoms with E-state index < -0.39 is 0 Å². The van der Waals surface area contributed by atoms with Crippen molar-refractivity contribution in [1.29, 1.82) is 0 Å². The summed E-state index contributed by atoms with van der Waals surface area (Å²) in [5.41, 5.74) is 0. The van der Waals surface area contributed by atoms with Gasteiger partial charge in [-0.25, -0.2) is 0 Å². The highest BCUT2D eigenvalue weighted by Crippen LogP contribution is 1.94. The molecule has 0 aromatic carbocycles. The van der Waals surface area contributed by atoms with Crippen LogP contribution in [0.15, 0.2) is 29.5 Å². The molecule has 1 heterocycles. The highest BCUT2D eigenvalue weighted by atomic mass is 15.2. The van der Waals surface area contributed by atoms with Gasteiger partial charge in [-0.1, -0.05) is 13.8 Å². The Bertz CT molecular complexity index is 368. The van der Waals surface area contributed by atoms with Crippen LogP contribution < -0.4 is 10.6 Å². The highest BCUT2D eigenvalue weighted by Gasteiger charge is 1.99. The predicted octanol–water partition coefficient (Wildman–Crippen LogP) is 1.78. The molecule has 0 radical (unpaired) electrons. The van der Waals surface area contributed by atoms with Crippen LogP contribution in [0.25, 0.3) is 0 Å². The summed E-state index contributed by atoms with van der Waals surface area (Å²) in [7, 11) is 1.82. The van der Waals surface area contributed by atoms with E-state index in [-0.39, 0.29) is 0 Å².